The van der Waals surface area contributed by atoms with Gasteiger partial charge in [-0.1, -0.05) is 6.42 Å². The Morgan fingerprint density at radius 2 is 1.86 bits per heavy atom. The first kappa shape index (κ1) is 16.4. The number of halogens is 6. The molecule has 1 aromatic carbocycles. The van der Waals surface area contributed by atoms with Crippen molar-refractivity contribution in [1.29, 1.82) is 0 Å². The van der Waals surface area contributed by atoms with E-state index in [9.17, 15) is 26.7 Å². The lowest BCUT2D eigenvalue weighted by atomic mass is 9.77. The second-order valence-corrected chi connectivity index (χ2v) is 6.04. The van der Waals surface area contributed by atoms with Crippen molar-refractivity contribution in [3.05, 3.63) is 33.8 Å². The quantitative estimate of drug-likeness (QED) is 0.393. The van der Waals surface area contributed by atoms with Crippen LogP contribution in [0.4, 0.5) is 22.0 Å². The number of alkyl halides is 3. The minimum absolute atomic E-state index is 0.0449. The van der Waals surface area contributed by atoms with Gasteiger partial charge in [-0.05, 0) is 47.3 Å². The van der Waals surface area contributed by atoms with Gasteiger partial charge in [0.25, 0.3) is 0 Å². The van der Waals surface area contributed by atoms with Gasteiger partial charge in [-0.15, -0.1) is 0 Å². The fraction of sp³-hybridized carbons (Fsp3) is 0.500. The van der Waals surface area contributed by atoms with Gasteiger partial charge in [0.1, 0.15) is 5.82 Å². The molecule has 0 bridgehead atoms. The van der Waals surface area contributed by atoms with Crippen molar-refractivity contribution in [3.63, 3.8) is 0 Å². The maximum atomic E-state index is 13.9. The van der Waals surface area contributed by atoms with Gasteiger partial charge in [0.2, 0.25) is 0 Å². The molecule has 2 unspecified atom stereocenters. The van der Waals surface area contributed by atoms with Crippen LogP contribution in [-0.2, 0) is 0 Å². The highest BCUT2D eigenvalue weighted by atomic mass is 79.9. The molecule has 0 aliphatic heterocycles. The van der Waals surface area contributed by atoms with Crippen LogP contribution in [0.3, 0.4) is 0 Å². The van der Waals surface area contributed by atoms with Crippen LogP contribution in [0.1, 0.15) is 36.0 Å². The highest BCUT2D eigenvalue weighted by molar-refractivity contribution is 9.10. The average Bonchev–Trinajstić information content (AvgIpc) is 2.42. The number of hydrogen-bond acceptors (Lipinski definition) is 1. The van der Waals surface area contributed by atoms with Gasteiger partial charge in [0.05, 0.1) is 16.0 Å². The minimum atomic E-state index is -4.38. The molecule has 116 valence electrons. The van der Waals surface area contributed by atoms with E-state index in [-0.39, 0.29) is 23.7 Å². The summed E-state index contributed by atoms with van der Waals surface area (Å²) in [4.78, 5) is 12.2. The predicted molar refractivity (Wildman–Crippen MR) is 69.9 cm³/mol. The SMILES string of the molecule is O=C(c1c(F)ccc(Br)c1F)C1CCCC(C(F)(F)F)C1. The van der Waals surface area contributed by atoms with Gasteiger partial charge in [-0.2, -0.15) is 13.2 Å². The summed E-state index contributed by atoms with van der Waals surface area (Å²) in [7, 11) is 0. The molecule has 2 atom stereocenters. The van der Waals surface area contributed by atoms with Crippen molar-refractivity contribution < 1.29 is 26.7 Å². The summed E-state index contributed by atoms with van der Waals surface area (Å²) >= 11 is 2.84. The Kier molecular flexibility index (Phi) is 4.70. The molecule has 0 heterocycles. The van der Waals surface area contributed by atoms with E-state index < -0.39 is 47.4 Å². The van der Waals surface area contributed by atoms with Crippen LogP contribution in [0.25, 0.3) is 0 Å². The van der Waals surface area contributed by atoms with Gasteiger partial charge in [0.15, 0.2) is 11.6 Å². The van der Waals surface area contributed by atoms with E-state index in [1.54, 1.807) is 0 Å². The zero-order valence-electron chi connectivity index (χ0n) is 10.8. The van der Waals surface area contributed by atoms with Crippen LogP contribution in [0.15, 0.2) is 16.6 Å². The first-order chi connectivity index (χ1) is 9.71. The Bertz CT molecular complexity index is 555. The average molecular weight is 371 g/mol. The van der Waals surface area contributed by atoms with E-state index in [1.165, 1.54) is 0 Å². The Morgan fingerprint density at radius 3 is 2.48 bits per heavy atom. The fourth-order valence-electron chi connectivity index (χ4n) is 2.68. The van der Waals surface area contributed by atoms with Crippen molar-refractivity contribution in [1.82, 2.24) is 0 Å². The normalized spacial score (nSPS) is 23.1. The van der Waals surface area contributed by atoms with E-state index in [0.717, 1.165) is 12.1 Å². The van der Waals surface area contributed by atoms with E-state index in [4.69, 9.17) is 0 Å². The van der Waals surface area contributed by atoms with E-state index in [1.807, 2.05) is 0 Å². The van der Waals surface area contributed by atoms with Gasteiger partial charge < -0.3 is 0 Å². The molecule has 1 aromatic rings. The lowest BCUT2D eigenvalue weighted by molar-refractivity contribution is -0.184. The van der Waals surface area contributed by atoms with Gasteiger partial charge in [0, 0.05) is 5.92 Å². The molecule has 1 nitrogen and oxygen atoms in total. The third-order valence-electron chi connectivity index (χ3n) is 3.80. The molecule has 0 spiro atoms. The molecule has 7 heteroatoms. The van der Waals surface area contributed by atoms with Crippen molar-refractivity contribution >= 4 is 21.7 Å². The highest BCUT2D eigenvalue weighted by Gasteiger charge is 2.44. The zero-order chi connectivity index (χ0) is 15.8. The van der Waals surface area contributed by atoms with Gasteiger partial charge in [-0.3, -0.25) is 4.79 Å². The van der Waals surface area contributed by atoms with Crippen LogP contribution < -0.4 is 0 Å². The summed E-state index contributed by atoms with van der Waals surface area (Å²) < 4.78 is 65.7. The Morgan fingerprint density at radius 1 is 1.19 bits per heavy atom. The number of Topliss-reactive ketones (excluding diaryl/α,β-unsaturated/α-hetero) is 1. The number of ketones is 1. The number of benzene rings is 1. The molecule has 0 amide bonds. The van der Waals surface area contributed by atoms with Crippen molar-refractivity contribution in [2.45, 2.75) is 31.9 Å². The third-order valence-corrected chi connectivity index (χ3v) is 4.41. The molecular weight excluding hydrogens is 359 g/mol. The van der Waals surface area contributed by atoms with Crippen LogP contribution >= 0.6 is 15.9 Å². The summed E-state index contributed by atoms with van der Waals surface area (Å²) in [6.45, 7) is 0. The predicted octanol–water partition coefficient (Wildman–Crippen LogP) is 5.28. The summed E-state index contributed by atoms with van der Waals surface area (Å²) in [6, 6.07) is 2.03. The molecule has 0 saturated heterocycles. The van der Waals surface area contributed by atoms with Crippen molar-refractivity contribution in [3.8, 4) is 0 Å². The molecule has 1 fully saturated rings. The van der Waals surface area contributed by atoms with Gasteiger partial charge >= 0.3 is 6.18 Å². The summed E-state index contributed by atoms with van der Waals surface area (Å²) in [5.41, 5.74) is -0.753. The van der Waals surface area contributed by atoms with Crippen LogP contribution in [-0.4, -0.2) is 12.0 Å². The third kappa shape index (κ3) is 3.44. The topological polar surface area (TPSA) is 17.1 Å². The fourth-order valence-corrected chi connectivity index (χ4v) is 3.01. The van der Waals surface area contributed by atoms with Gasteiger partial charge in [-0.25, -0.2) is 8.78 Å². The number of carbonyl (C=O) groups excluding carboxylic acids is 1. The Hall–Kier alpha value is -0.980. The number of hydrogen-bond donors (Lipinski definition) is 0. The molecule has 0 radical (unpaired) electrons. The van der Waals surface area contributed by atoms with Crippen LogP contribution in [0, 0.1) is 23.5 Å². The summed E-state index contributed by atoms with van der Waals surface area (Å²) in [6.07, 6.45) is -4.40. The molecule has 21 heavy (non-hydrogen) atoms. The van der Waals surface area contributed by atoms with Crippen molar-refractivity contribution in [2.75, 3.05) is 0 Å². The molecular formula is C14H12BrF5O. The molecule has 1 saturated carbocycles. The number of carbonyl (C=O) groups is 1. The lowest BCUT2D eigenvalue weighted by Crippen LogP contribution is -2.32. The van der Waals surface area contributed by atoms with E-state index in [0.29, 0.717) is 0 Å². The molecule has 2 rings (SSSR count). The molecule has 1 aliphatic rings. The van der Waals surface area contributed by atoms with Crippen molar-refractivity contribution in [2.24, 2.45) is 11.8 Å². The Labute approximate surface area is 126 Å². The number of rotatable bonds is 2. The Balaban J connectivity index is 2.27. The maximum absolute atomic E-state index is 13.9. The van der Waals surface area contributed by atoms with E-state index in [2.05, 4.69) is 15.9 Å². The first-order valence-corrected chi connectivity index (χ1v) is 7.25. The van der Waals surface area contributed by atoms with Crippen LogP contribution in [0.2, 0.25) is 0 Å². The molecule has 0 N–H and O–H groups in total. The highest BCUT2D eigenvalue weighted by Crippen LogP contribution is 2.41. The maximum Gasteiger partial charge on any atom is 0.391 e. The summed E-state index contributed by atoms with van der Waals surface area (Å²) in [5.74, 6) is -5.58. The largest absolute Gasteiger partial charge is 0.391 e. The zero-order valence-corrected chi connectivity index (χ0v) is 12.4. The molecule has 0 aromatic heterocycles. The second kappa shape index (κ2) is 6.02. The summed E-state index contributed by atoms with van der Waals surface area (Å²) in [5, 5.41) is 0. The minimum Gasteiger partial charge on any atom is -0.294 e. The monoisotopic (exact) mass is 370 g/mol. The van der Waals surface area contributed by atoms with E-state index >= 15 is 0 Å². The second-order valence-electron chi connectivity index (χ2n) is 5.18. The smallest absolute Gasteiger partial charge is 0.294 e. The standard InChI is InChI=1S/C14H12BrF5O/c15-9-4-5-10(16)11(12(9)17)13(21)7-2-1-3-8(6-7)14(18,19)20/h4-5,7-8H,1-3,6H2. The lowest BCUT2D eigenvalue weighted by Gasteiger charge is -2.29. The first-order valence-electron chi connectivity index (χ1n) is 6.46. The molecule has 1 aliphatic carbocycles. The van der Waals surface area contributed by atoms with Crippen LogP contribution in [0.5, 0.6) is 0 Å².